The second-order valence-corrected chi connectivity index (χ2v) is 4.94. The van der Waals surface area contributed by atoms with Crippen LogP contribution in [0.4, 0.5) is 0 Å². The third-order valence-electron chi connectivity index (χ3n) is 1.80. The van der Waals surface area contributed by atoms with Gasteiger partial charge in [-0.1, -0.05) is 18.2 Å². The van der Waals surface area contributed by atoms with Gasteiger partial charge >= 0.3 is 0 Å². The molecule has 0 spiro atoms. The molecule has 1 rings (SSSR count). The van der Waals surface area contributed by atoms with Crippen molar-refractivity contribution in [3.63, 3.8) is 0 Å². The molecule has 0 aliphatic rings. The summed E-state index contributed by atoms with van der Waals surface area (Å²) in [5.74, 6) is 0.0465. The minimum Gasteiger partial charge on any atom is -0.381 e. The number of rotatable bonds is 5. The van der Waals surface area contributed by atoms with E-state index in [-0.39, 0.29) is 12.4 Å². The molecular formula is C10H14O3S. The van der Waals surface area contributed by atoms with Crippen molar-refractivity contribution in [1.29, 1.82) is 0 Å². The van der Waals surface area contributed by atoms with Gasteiger partial charge in [-0.15, -0.1) is 0 Å². The Balaban J connectivity index is 2.67. The Hall–Kier alpha value is -0.870. The van der Waals surface area contributed by atoms with E-state index in [1.807, 2.05) is 6.92 Å². The summed E-state index contributed by atoms with van der Waals surface area (Å²) in [6.07, 6.45) is 0. The highest BCUT2D eigenvalue weighted by molar-refractivity contribution is 7.91. The molecule has 4 heteroatoms. The summed E-state index contributed by atoms with van der Waals surface area (Å²) < 4.78 is 28.3. The molecule has 1 aromatic rings. The highest BCUT2D eigenvalue weighted by atomic mass is 32.2. The predicted octanol–water partition coefficient (Wildman–Crippen LogP) is 1.50. The van der Waals surface area contributed by atoms with Crippen molar-refractivity contribution in [3.8, 4) is 0 Å². The third kappa shape index (κ3) is 3.12. The van der Waals surface area contributed by atoms with Gasteiger partial charge in [-0.25, -0.2) is 8.42 Å². The van der Waals surface area contributed by atoms with E-state index >= 15 is 0 Å². The van der Waals surface area contributed by atoms with E-state index in [9.17, 15) is 8.42 Å². The van der Waals surface area contributed by atoms with Gasteiger partial charge in [0.25, 0.3) is 0 Å². The van der Waals surface area contributed by atoms with Gasteiger partial charge in [0, 0.05) is 6.61 Å². The summed E-state index contributed by atoms with van der Waals surface area (Å²) >= 11 is 0. The summed E-state index contributed by atoms with van der Waals surface area (Å²) in [4.78, 5) is 0.361. The van der Waals surface area contributed by atoms with E-state index in [2.05, 4.69) is 0 Å². The van der Waals surface area contributed by atoms with Crippen LogP contribution in [-0.4, -0.2) is 27.4 Å². The van der Waals surface area contributed by atoms with Crippen LogP contribution >= 0.6 is 0 Å². The molecule has 0 bridgehead atoms. The van der Waals surface area contributed by atoms with Crippen LogP contribution in [0.2, 0.25) is 0 Å². The molecule has 0 radical (unpaired) electrons. The summed E-state index contributed by atoms with van der Waals surface area (Å²) in [5, 5.41) is 0. The summed E-state index contributed by atoms with van der Waals surface area (Å²) in [6, 6.07) is 8.42. The van der Waals surface area contributed by atoms with Gasteiger partial charge in [0.15, 0.2) is 9.84 Å². The Morgan fingerprint density at radius 2 is 1.86 bits per heavy atom. The number of hydrogen-bond donors (Lipinski definition) is 0. The Kier molecular flexibility index (Phi) is 4.10. The Morgan fingerprint density at radius 3 is 2.43 bits per heavy atom. The maximum absolute atomic E-state index is 11.6. The molecule has 0 aliphatic heterocycles. The molecule has 14 heavy (non-hydrogen) atoms. The quantitative estimate of drug-likeness (QED) is 0.698. The van der Waals surface area contributed by atoms with E-state index in [4.69, 9.17) is 4.74 Å². The van der Waals surface area contributed by atoms with Crippen molar-refractivity contribution in [2.24, 2.45) is 0 Å². The first kappa shape index (κ1) is 11.2. The average molecular weight is 214 g/mol. The van der Waals surface area contributed by atoms with Crippen molar-refractivity contribution in [3.05, 3.63) is 30.3 Å². The molecule has 3 nitrogen and oxygen atoms in total. The first-order chi connectivity index (χ1) is 6.67. The molecule has 0 aromatic heterocycles. The molecule has 0 atom stereocenters. The van der Waals surface area contributed by atoms with E-state index in [0.717, 1.165) is 0 Å². The minimum atomic E-state index is -3.16. The fraction of sp³-hybridized carbons (Fsp3) is 0.400. The molecule has 0 aliphatic carbocycles. The fourth-order valence-corrected chi connectivity index (χ4v) is 2.20. The van der Waals surface area contributed by atoms with Gasteiger partial charge in [0.2, 0.25) is 0 Å². The summed E-state index contributed by atoms with van der Waals surface area (Å²) in [5.41, 5.74) is 0. The topological polar surface area (TPSA) is 43.4 Å². The third-order valence-corrected chi connectivity index (χ3v) is 3.50. The lowest BCUT2D eigenvalue weighted by atomic mass is 10.4. The van der Waals surface area contributed by atoms with Gasteiger partial charge in [-0.2, -0.15) is 0 Å². The smallest absolute Gasteiger partial charge is 0.180 e. The van der Waals surface area contributed by atoms with Crippen molar-refractivity contribution < 1.29 is 13.2 Å². The zero-order valence-corrected chi connectivity index (χ0v) is 8.96. The summed E-state index contributed by atoms with van der Waals surface area (Å²) in [7, 11) is -3.16. The van der Waals surface area contributed by atoms with Gasteiger partial charge in [0.05, 0.1) is 17.3 Å². The lowest BCUT2D eigenvalue weighted by Crippen LogP contribution is -2.12. The molecule has 0 saturated heterocycles. The highest BCUT2D eigenvalue weighted by Gasteiger charge is 2.12. The van der Waals surface area contributed by atoms with Gasteiger partial charge in [-0.05, 0) is 19.1 Å². The minimum absolute atomic E-state index is 0.0465. The molecule has 0 amide bonds. The number of sulfone groups is 1. The van der Waals surface area contributed by atoms with Crippen LogP contribution in [0, 0.1) is 0 Å². The molecule has 0 unspecified atom stereocenters. The van der Waals surface area contributed by atoms with Gasteiger partial charge < -0.3 is 4.74 Å². The van der Waals surface area contributed by atoms with Crippen LogP contribution in [-0.2, 0) is 14.6 Å². The first-order valence-electron chi connectivity index (χ1n) is 4.52. The lowest BCUT2D eigenvalue weighted by molar-refractivity contribution is 0.163. The van der Waals surface area contributed by atoms with Crippen LogP contribution in [0.25, 0.3) is 0 Å². The Bertz CT molecular complexity index is 356. The van der Waals surface area contributed by atoms with Crippen LogP contribution < -0.4 is 0 Å². The van der Waals surface area contributed by atoms with E-state index in [1.165, 1.54) is 0 Å². The largest absolute Gasteiger partial charge is 0.381 e. The molecule has 0 fully saturated rings. The van der Waals surface area contributed by atoms with E-state index < -0.39 is 9.84 Å². The molecule has 0 N–H and O–H groups in total. The van der Waals surface area contributed by atoms with Crippen LogP contribution in [0.3, 0.4) is 0 Å². The van der Waals surface area contributed by atoms with Crippen molar-refractivity contribution in [2.75, 3.05) is 19.0 Å². The number of hydrogen-bond acceptors (Lipinski definition) is 3. The second kappa shape index (κ2) is 5.12. The first-order valence-corrected chi connectivity index (χ1v) is 6.17. The highest BCUT2D eigenvalue weighted by Crippen LogP contribution is 2.09. The number of benzene rings is 1. The SMILES string of the molecule is CCOCCS(=O)(=O)c1ccccc1. The van der Waals surface area contributed by atoms with Crippen molar-refractivity contribution in [1.82, 2.24) is 0 Å². The lowest BCUT2D eigenvalue weighted by Gasteiger charge is -2.03. The summed E-state index contributed by atoms with van der Waals surface area (Å²) in [6.45, 7) is 2.65. The van der Waals surface area contributed by atoms with Crippen molar-refractivity contribution in [2.45, 2.75) is 11.8 Å². The van der Waals surface area contributed by atoms with E-state index in [1.54, 1.807) is 30.3 Å². The standard InChI is InChI=1S/C10H14O3S/c1-2-13-8-9-14(11,12)10-6-4-3-5-7-10/h3-7H,2,8-9H2,1H3. The molecule has 1 aromatic carbocycles. The molecule has 0 saturated carbocycles. The fourth-order valence-electron chi connectivity index (χ4n) is 1.06. The van der Waals surface area contributed by atoms with Crippen molar-refractivity contribution >= 4 is 9.84 Å². The van der Waals surface area contributed by atoms with Gasteiger partial charge in [-0.3, -0.25) is 0 Å². The normalized spacial score (nSPS) is 11.5. The van der Waals surface area contributed by atoms with Crippen LogP contribution in [0.1, 0.15) is 6.92 Å². The maximum atomic E-state index is 11.6. The molecular weight excluding hydrogens is 200 g/mol. The average Bonchev–Trinajstić information content (AvgIpc) is 2.19. The number of ether oxygens (including phenoxy) is 1. The Labute approximate surface area is 84.6 Å². The predicted molar refractivity (Wildman–Crippen MR) is 55.0 cm³/mol. The molecule has 0 heterocycles. The van der Waals surface area contributed by atoms with E-state index in [0.29, 0.717) is 11.5 Å². The molecule has 78 valence electrons. The van der Waals surface area contributed by atoms with Crippen LogP contribution in [0.15, 0.2) is 35.2 Å². The Morgan fingerprint density at radius 1 is 1.21 bits per heavy atom. The monoisotopic (exact) mass is 214 g/mol. The zero-order valence-electron chi connectivity index (χ0n) is 8.14. The van der Waals surface area contributed by atoms with Gasteiger partial charge in [0.1, 0.15) is 0 Å². The maximum Gasteiger partial charge on any atom is 0.180 e. The zero-order chi connectivity index (χ0) is 10.4. The second-order valence-electron chi connectivity index (χ2n) is 2.83. The van der Waals surface area contributed by atoms with Crippen LogP contribution in [0.5, 0.6) is 0 Å².